The molecule has 1 amide bonds. The molecular weight excluding hydrogens is 351 g/mol. The molecule has 25 heavy (non-hydrogen) atoms. The standard InChI is InChI=1S/C15H15FN4O4S/c1-2-9(14(23)24)25-15-19-11(17)10(13(22)20-15)18-12(21)7-5-3-4-6-8(7)16/h3-6,9H,2H2,1H3,(H,18,21)(H,23,24)(H3,17,19,20,22)/p-1/t9-/m0/s1. The predicted molar refractivity (Wildman–Crippen MR) is 88.6 cm³/mol. The molecule has 0 aliphatic carbocycles. The van der Waals surface area contributed by atoms with Gasteiger partial charge in [-0.05, 0) is 18.6 Å². The van der Waals surface area contributed by atoms with Gasteiger partial charge in [-0.25, -0.2) is 9.37 Å². The number of nitrogens with one attached hydrogen (secondary N) is 2. The number of amides is 1. The Balaban J connectivity index is 2.26. The number of aromatic nitrogens is 2. The highest BCUT2D eigenvalue weighted by Gasteiger charge is 2.18. The summed E-state index contributed by atoms with van der Waals surface area (Å²) in [6, 6.07) is 5.24. The molecule has 4 N–H and O–H groups in total. The van der Waals surface area contributed by atoms with Gasteiger partial charge in [0.2, 0.25) is 0 Å². The van der Waals surface area contributed by atoms with Crippen LogP contribution in [0.2, 0.25) is 0 Å². The monoisotopic (exact) mass is 365 g/mol. The minimum Gasteiger partial charge on any atom is -0.549 e. The Morgan fingerprint density at radius 3 is 2.68 bits per heavy atom. The summed E-state index contributed by atoms with van der Waals surface area (Å²) in [4.78, 5) is 41.3. The summed E-state index contributed by atoms with van der Waals surface area (Å²) in [5.74, 6) is -3.23. The lowest BCUT2D eigenvalue weighted by molar-refractivity contribution is -0.304. The second kappa shape index (κ2) is 7.79. The number of carboxylic acid groups (broad SMARTS) is 1. The number of halogens is 1. The lowest BCUT2D eigenvalue weighted by atomic mass is 10.2. The Morgan fingerprint density at radius 2 is 2.12 bits per heavy atom. The highest BCUT2D eigenvalue weighted by atomic mass is 32.2. The lowest BCUT2D eigenvalue weighted by Crippen LogP contribution is -2.33. The van der Waals surface area contributed by atoms with Crippen LogP contribution in [0.3, 0.4) is 0 Å². The van der Waals surface area contributed by atoms with Gasteiger partial charge >= 0.3 is 0 Å². The second-order valence-electron chi connectivity index (χ2n) is 4.90. The van der Waals surface area contributed by atoms with E-state index < -0.39 is 28.5 Å². The average molecular weight is 365 g/mol. The van der Waals surface area contributed by atoms with E-state index in [0.29, 0.717) is 0 Å². The predicted octanol–water partition coefficient (Wildman–Crippen LogP) is 0.364. The topological polar surface area (TPSA) is 141 Å². The van der Waals surface area contributed by atoms with E-state index in [9.17, 15) is 23.9 Å². The number of aliphatic carboxylic acids is 1. The number of rotatable bonds is 6. The number of carboxylic acids is 1. The first-order chi connectivity index (χ1) is 11.8. The fourth-order valence-electron chi connectivity index (χ4n) is 1.90. The van der Waals surface area contributed by atoms with E-state index in [1.807, 2.05) is 0 Å². The van der Waals surface area contributed by atoms with Crippen LogP contribution in [0, 0.1) is 5.82 Å². The van der Waals surface area contributed by atoms with Crippen LogP contribution in [0.4, 0.5) is 15.9 Å². The van der Waals surface area contributed by atoms with Gasteiger partial charge in [0.15, 0.2) is 11.0 Å². The molecule has 0 radical (unpaired) electrons. The number of aromatic amines is 1. The molecule has 0 fully saturated rings. The number of carbonyl (C=O) groups is 2. The Kier molecular flexibility index (Phi) is 5.75. The molecule has 0 aliphatic heterocycles. The van der Waals surface area contributed by atoms with Crippen molar-refractivity contribution < 1.29 is 19.1 Å². The summed E-state index contributed by atoms with van der Waals surface area (Å²) in [5.41, 5.74) is 4.27. The van der Waals surface area contributed by atoms with E-state index in [-0.39, 0.29) is 28.6 Å². The van der Waals surface area contributed by atoms with Crippen LogP contribution in [0.5, 0.6) is 0 Å². The SMILES string of the molecule is CC[C@H](Sc1nc(N)c(NC(=O)c2ccccc2F)c(=O)[nH]1)C(=O)[O-]. The van der Waals surface area contributed by atoms with Crippen LogP contribution >= 0.6 is 11.8 Å². The van der Waals surface area contributed by atoms with Crippen molar-refractivity contribution in [3.63, 3.8) is 0 Å². The molecule has 1 atom stereocenters. The summed E-state index contributed by atoms with van der Waals surface area (Å²) < 4.78 is 13.6. The van der Waals surface area contributed by atoms with E-state index in [4.69, 9.17) is 5.73 Å². The molecule has 1 heterocycles. The van der Waals surface area contributed by atoms with E-state index in [0.717, 1.165) is 17.8 Å². The van der Waals surface area contributed by atoms with Crippen molar-refractivity contribution in [2.45, 2.75) is 23.8 Å². The van der Waals surface area contributed by atoms with Gasteiger partial charge in [0.05, 0.1) is 16.8 Å². The maximum Gasteiger partial charge on any atom is 0.277 e. The van der Waals surface area contributed by atoms with Crippen molar-refractivity contribution in [2.75, 3.05) is 11.1 Å². The second-order valence-corrected chi connectivity index (χ2v) is 6.09. The molecule has 1 aromatic carbocycles. The van der Waals surface area contributed by atoms with Gasteiger partial charge in [0.25, 0.3) is 11.5 Å². The Hall–Kier alpha value is -2.88. The van der Waals surface area contributed by atoms with Crippen molar-refractivity contribution >= 4 is 35.1 Å². The molecule has 0 unspecified atom stereocenters. The van der Waals surface area contributed by atoms with Crippen molar-refractivity contribution in [1.82, 2.24) is 9.97 Å². The van der Waals surface area contributed by atoms with Crippen LogP contribution in [0.25, 0.3) is 0 Å². The zero-order valence-electron chi connectivity index (χ0n) is 13.0. The normalized spacial score (nSPS) is 11.8. The number of anilines is 2. The van der Waals surface area contributed by atoms with Crippen molar-refractivity contribution in [3.05, 3.63) is 46.0 Å². The number of nitrogens with two attached hydrogens (primary N) is 1. The van der Waals surface area contributed by atoms with E-state index in [1.165, 1.54) is 18.2 Å². The molecule has 0 aliphatic rings. The van der Waals surface area contributed by atoms with Gasteiger partial charge in [0, 0.05) is 0 Å². The highest BCUT2D eigenvalue weighted by molar-refractivity contribution is 8.00. The van der Waals surface area contributed by atoms with Gasteiger partial charge in [-0.2, -0.15) is 0 Å². The quantitative estimate of drug-likeness (QED) is 0.496. The van der Waals surface area contributed by atoms with E-state index in [1.54, 1.807) is 6.92 Å². The van der Waals surface area contributed by atoms with Crippen LogP contribution < -0.4 is 21.7 Å². The lowest BCUT2D eigenvalue weighted by Gasteiger charge is -2.15. The molecule has 1 aromatic heterocycles. The summed E-state index contributed by atoms with van der Waals surface area (Å²) in [5, 5.41) is 12.2. The number of hydrogen-bond donors (Lipinski definition) is 3. The number of nitrogens with zero attached hydrogens (tertiary/aromatic N) is 1. The van der Waals surface area contributed by atoms with Gasteiger partial charge in [-0.15, -0.1) is 0 Å². The van der Waals surface area contributed by atoms with E-state index >= 15 is 0 Å². The molecule has 0 saturated heterocycles. The molecular formula is C15H14FN4O4S-. The van der Waals surface area contributed by atoms with Crippen LogP contribution in [-0.4, -0.2) is 27.1 Å². The number of nitrogen functional groups attached to an aromatic ring is 1. The Labute approximate surface area is 145 Å². The smallest absolute Gasteiger partial charge is 0.277 e. The molecule has 8 nitrogen and oxygen atoms in total. The van der Waals surface area contributed by atoms with Crippen molar-refractivity contribution in [1.29, 1.82) is 0 Å². The minimum atomic E-state index is -1.30. The largest absolute Gasteiger partial charge is 0.549 e. The Bertz CT molecular complexity index is 871. The minimum absolute atomic E-state index is 0.0255. The maximum absolute atomic E-state index is 13.6. The van der Waals surface area contributed by atoms with Crippen LogP contribution in [0.15, 0.2) is 34.2 Å². The third-order valence-corrected chi connectivity index (χ3v) is 4.40. The fraction of sp³-hybridized carbons (Fsp3) is 0.200. The molecule has 0 saturated carbocycles. The molecule has 10 heteroatoms. The van der Waals surface area contributed by atoms with Gasteiger partial charge < -0.3 is 21.0 Å². The molecule has 0 bridgehead atoms. The van der Waals surface area contributed by atoms with Crippen LogP contribution in [0.1, 0.15) is 23.7 Å². The third kappa shape index (κ3) is 4.35. The molecule has 2 rings (SSSR count). The summed E-state index contributed by atoms with van der Waals surface area (Å²) in [6.45, 7) is 1.64. The van der Waals surface area contributed by atoms with Crippen molar-refractivity contribution in [2.24, 2.45) is 0 Å². The first kappa shape index (κ1) is 18.5. The van der Waals surface area contributed by atoms with Gasteiger partial charge in [0.1, 0.15) is 11.5 Å². The number of thioether (sulfide) groups is 1. The highest BCUT2D eigenvalue weighted by Crippen LogP contribution is 2.23. The number of carbonyl (C=O) groups excluding carboxylic acids is 2. The number of benzene rings is 1. The number of hydrogen-bond acceptors (Lipinski definition) is 7. The zero-order valence-corrected chi connectivity index (χ0v) is 13.9. The molecule has 0 spiro atoms. The average Bonchev–Trinajstić information content (AvgIpc) is 2.56. The van der Waals surface area contributed by atoms with Crippen LogP contribution in [-0.2, 0) is 4.79 Å². The first-order valence-corrected chi connectivity index (χ1v) is 8.04. The summed E-state index contributed by atoms with van der Waals surface area (Å²) in [6.07, 6.45) is 0.252. The molecule has 132 valence electrons. The number of H-pyrrole nitrogens is 1. The fourth-order valence-corrected chi connectivity index (χ4v) is 2.74. The Morgan fingerprint density at radius 1 is 1.44 bits per heavy atom. The molecule has 2 aromatic rings. The third-order valence-electron chi connectivity index (χ3n) is 3.17. The summed E-state index contributed by atoms with van der Waals surface area (Å²) >= 11 is 0.770. The van der Waals surface area contributed by atoms with Gasteiger partial charge in [-0.1, -0.05) is 30.8 Å². The summed E-state index contributed by atoms with van der Waals surface area (Å²) in [7, 11) is 0. The van der Waals surface area contributed by atoms with E-state index in [2.05, 4.69) is 15.3 Å². The first-order valence-electron chi connectivity index (χ1n) is 7.16. The maximum atomic E-state index is 13.6. The van der Waals surface area contributed by atoms with Gasteiger partial charge in [-0.3, -0.25) is 14.6 Å². The zero-order chi connectivity index (χ0) is 18.6. The van der Waals surface area contributed by atoms with Crippen molar-refractivity contribution in [3.8, 4) is 0 Å².